The summed E-state index contributed by atoms with van der Waals surface area (Å²) in [6.45, 7) is 3.48. The smallest absolute Gasteiger partial charge is 0.344 e. The van der Waals surface area contributed by atoms with Crippen LogP contribution in [-0.4, -0.2) is 46.8 Å². The molecule has 0 bridgehead atoms. The molecule has 184 valence electrons. The van der Waals surface area contributed by atoms with Crippen molar-refractivity contribution in [2.45, 2.75) is 20.4 Å². The number of hydrogen-bond acceptors (Lipinski definition) is 9. The van der Waals surface area contributed by atoms with Gasteiger partial charge in [-0.2, -0.15) is 0 Å². The minimum atomic E-state index is -0.562. The third-order valence-corrected chi connectivity index (χ3v) is 5.79. The van der Waals surface area contributed by atoms with Crippen molar-refractivity contribution in [3.8, 4) is 11.5 Å². The van der Waals surface area contributed by atoms with Crippen molar-refractivity contribution >= 4 is 52.2 Å². The van der Waals surface area contributed by atoms with Crippen molar-refractivity contribution in [2.75, 3.05) is 19.8 Å². The first-order chi connectivity index (χ1) is 16.7. The van der Waals surface area contributed by atoms with Gasteiger partial charge >= 0.3 is 5.97 Å². The van der Waals surface area contributed by atoms with E-state index in [1.807, 2.05) is 0 Å². The maximum absolute atomic E-state index is 12.9. The van der Waals surface area contributed by atoms with Gasteiger partial charge < -0.3 is 14.2 Å². The lowest BCUT2D eigenvalue weighted by atomic mass is 10.1. The number of nitro benzene ring substituents is 1. The molecular weight excluding hydrogens is 500 g/mol. The summed E-state index contributed by atoms with van der Waals surface area (Å²) in [6, 6.07) is 8.82. The molecule has 3 rings (SSSR count). The maximum Gasteiger partial charge on any atom is 0.344 e. The maximum atomic E-state index is 12.9. The molecule has 12 heteroatoms. The van der Waals surface area contributed by atoms with Crippen molar-refractivity contribution in [3.63, 3.8) is 0 Å². The predicted molar refractivity (Wildman–Crippen MR) is 129 cm³/mol. The monoisotopic (exact) mass is 520 g/mol. The first-order valence-electron chi connectivity index (χ1n) is 10.5. The number of ether oxygens (including phenoxy) is 3. The minimum Gasteiger partial charge on any atom is -0.490 e. The van der Waals surface area contributed by atoms with E-state index in [0.29, 0.717) is 11.1 Å². The largest absolute Gasteiger partial charge is 0.490 e. The molecule has 1 heterocycles. The lowest BCUT2D eigenvalue weighted by molar-refractivity contribution is -0.384. The van der Waals surface area contributed by atoms with Crippen LogP contribution in [0.2, 0.25) is 5.02 Å². The fourth-order valence-corrected chi connectivity index (χ4v) is 4.26. The molecule has 1 aliphatic heterocycles. The van der Waals surface area contributed by atoms with Crippen LogP contribution in [0.1, 0.15) is 25.0 Å². The van der Waals surface area contributed by atoms with Gasteiger partial charge in [-0.3, -0.25) is 24.6 Å². The van der Waals surface area contributed by atoms with Crippen LogP contribution in [0.5, 0.6) is 11.5 Å². The molecule has 0 radical (unpaired) electrons. The number of carbonyl (C=O) groups is 3. The molecule has 0 spiro atoms. The number of thioether (sulfide) groups is 1. The highest BCUT2D eigenvalue weighted by molar-refractivity contribution is 8.18. The average Bonchev–Trinajstić information content (AvgIpc) is 3.06. The number of nitro groups is 1. The number of hydrogen-bond donors (Lipinski definition) is 0. The minimum absolute atomic E-state index is 0.102. The van der Waals surface area contributed by atoms with Crippen LogP contribution in [0.3, 0.4) is 0 Å². The summed E-state index contributed by atoms with van der Waals surface area (Å²) >= 11 is 7.09. The molecule has 2 aromatic rings. The first kappa shape index (κ1) is 26.0. The molecule has 1 fully saturated rings. The zero-order valence-corrected chi connectivity index (χ0v) is 20.4. The van der Waals surface area contributed by atoms with Gasteiger partial charge in [0.25, 0.3) is 16.8 Å². The molecule has 0 aliphatic carbocycles. The Morgan fingerprint density at radius 3 is 2.63 bits per heavy atom. The van der Waals surface area contributed by atoms with Crippen LogP contribution in [0.15, 0.2) is 41.3 Å². The van der Waals surface area contributed by atoms with Crippen molar-refractivity contribution < 1.29 is 33.5 Å². The summed E-state index contributed by atoms with van der Waals surface area (Å²) in [6.07, 6.45) is 1.49. The third kappa shape index (κ3) is 6.52. The van der Waals surface area contributed by atoms with Gasteiger partial charge in [0, 0.05) is 12.1 Å². The van der Waals surface area contributed by atoms with Gasteiger partial charge in [-0.05, 0) is 54.9 Å². The molecule has 1 aliphatic rings. The van der Waals surface area contributed by atoms with E-state index >= 15 is 0 Å². The molecule has 0 saturated carbocycles. The zero-order chi connectivity index (χ0) is 25.5. The fourth-order valence-electron chi connectivity index (χ4n) is 3.15. The van der Waals surface area contributed by atoms with Crippen LogP contribution < -0.4 is 9.47 Å². The van der Waals surface area contributed by atoms with Gasteiger partial charge in [0.2, 0.25) is 0 Å². The lowest BCUT2D eigenvalue weighted by Crippen LogP contribution is -2.27. The molecule has 10 nitrogen and oxygen atoms in total. The highest BCUT2D eigenvalue weighted by atomic mass is 35.5. The molecular formula is C23H21ClN2O8S. The molecule has 0 unspecified atom stereocenters. The van der Waals surface area contributed by atoms with E-state index in [4.69, 9.17) is 25.8 Å². The molecule has 0 aromatic heterocycles. The van der Waals surface area contributed by atoms with Gasteiger partial charge in [-0.15, -0.1) is 0 Å². The van der Waals surface area contributed by atoms with Gasteiger partial charge in [-0.1, -0.05) is 23.7 Å². The Balaban J connectivity index is 1.82. The zero-order valence-electron chi connectivity index (χ0n) is 18.8. The first-order valence-corrected chi connectivity index (χ1v) is 11.7. The summed E-state index contributed by atoms with van der Waals surface area (Å²) in [7, 11) is 0. The van der Waals surface area contributed by atoms with Gasteiger partial charge in [0.05, 0.1) is 34.6 Å². The van der Waals surface area contributed by atoms with E-state index in [2.05, 4.69) is 0 Å². The van der Waals surface area contributed by atoms with Crippen LogP contribution in [-0.2, 0) is 20.9 Å². The van der Waals surface area contributed by atoms with E-state index in [-0.39, 0.29) is 53.5 Å². The summed E-state index contributed by atoms with van der Waals surface area (Å²) in [4.78, 5) is 48.6. The Bertz CT molecular complexity index is 1200. The summed E-state index contributed by atoms with van der Waals surface area (Å²) in [5.74, 6) is -0.695. The number of esters is 1. The number of carbonyl (C=O) groups excluding carboxylic acids is 3. The van der Waals surface area contributed by atoms with E-state index in [9.17, 15) is 24.5 Å². The standard InChI is InChI=1S/C23H21ClN2O8S/c1-3-32-18-10-15(9-17(24)21(18)34-13-20(27)33-4-2)11-19-22(28)25(23(29)35-19)12-14-6-5-7-16(8-14)26(30)31/h5-11H,3-4,12-13H2,1-2H3/b19-11+. The van der Waals surface area contributed by atoms with Crippen LogP contribution >= 0.6 is 23.4 Å². The Morgan fingerprint density at radius 1 is 1.17 bits per heavy atom. The number of amides is 2. The normalized spacial score (nSPS) is 14.4. The Kier molecular flexibility index (Phi) is 8.72. The molecule has 0 N–H and O–H groups in total. The van der Waals surface area contributed by atoms with Gasteiger partial charge in [-0.25, -0.2) is 4.79 Å². The van der Waals surface area contributed by atoms with Crippen molar-refractivity contribution in [3.05, 3.63) is 67.6 Å². The quantitative estimate of drug-likeness (QED) is 0.187. The predicted octanol–water partition coefficient (Wildman–Crippen LogP) is 4.83. The van der Waals surface area contributed by atoms with E-state index in [0.717, 1.165) is 16.7 Å². The van der Waals surface area contributed by atoms with Gasteiger partial charge in [0.15, 0.2) is 18.1 Å². The molecule has 2 amide bonds. The fraction of sp³-hybridized carbons (Fsp3) is 0.261. The van der Waals surface area contributed by atoms with Gasteiger partial charge in [0.1, 0.15) is 0 Å². The summed E-state index contributed by atoms with van der Waals surface area (Å²) in [5, 5.41) is 10.6. The van der Waals surface area contributed by atoms with Crippen molar-refractivity contribution in [1.82, 2.24) is 4.90 Å². The molecule has 1 saturated heterocycles. The second-order valence-electron chi connectivity index (χ2n) is 7.05. The molecule has 35 heavy (non-hydrogen) atoms. The third-order valence-electron chi connectivity index (χ3n) is 4.60. The second-order valence-corrected chi connectivity index (χ2v) is 8.45. The molecule has 0 atom stereocenters. The number of rotatable bonds is 10. The Hall–Kier alpha value is -3.57. The average molecular weight is 521 g/mol. The number of halogens is 1. The Labute approximate surface area is 209 Å². The number of non-ortho nitro benzene ring substituents is 1. The summed E-state index contributed by atoms with van der Waals surface area (Å²) < 4.78 is 15.9. The number of imide groups is 1. The Morgan fingerprint density at radius 2 is 1.94 bits per heavy atom. The van der Waals surface area contributed by atoms with Crippen LogP contribution in [0, 0.1) is 10.1 Å². The highest BCUT2D eigenvalue weighted by Crippen LogP contribution is 2.39. The van der Waals surface area contributed by atoms with Crippen LogP contribution in [0.4, 0.5) is 10.5 Å². The van der Waals surface area contributed by atoms with E-state index in [1.165, 1.54) is 30.3 Å². The number of nitrogens with zero attached hydrogens (tertiary/aromatic N) is 2. The molecule has 2 aromatic carbocycles. The SMILES string of the molecule is CCOC(=O)COc1c(Cl)cc(/C=C2/SC(=O)N(Cc3cccc([N+](=O)[O-])c3)C2=O)cc1OCC. The highest BCUT2D eigenvalue weighted by Gasteiger charge is 2.35. The second kappa shape index (κ2) is 11.7. The van der Waals surface area contributed by atoms with Crippen molar-refractivity contribution in [2.24, 2.45) is 0 Å². The topological polar surface area (TPSA) is 125 Å². The van der Waals surface area contributed by atoms with Crippen LogP contribution in [0.25, 0.3) is 6.08 Å². The lowest BCUT2D eigenvalue weighted by Gasteiger charge is -2.14. The van der Waals surface area contributed by atoms with E-state index < -0.39 is 22.0 Å². The summed E-state index contributed by atoms with van der Waals surface area (Å²) in [5.41, 5.74) is 0.795. The number of benzene rings is 2. The van der Waals surface area contributed by atoms with Crippen molar-refractivity contribution in [1.29, 1.82) is 0 Å². The van der Waals surface area contributed by atoms with E-state index in [1.54, 1.807) is 26.0 Å².